The maximum absolute atomic E-state index is 12.3. The summed E-state index contributed by atoms with van der Waals surface area (Å²) >= 11 is 0. The van der Waals surface area contributed by atoms with Gasteiger partial charge in [-0.2, -0.15) is 0 Å². The first-order chi connectivity index (χ1) is 14.8. The predicted molar refractivity (Wildman–Crippen MR) is 123 cm³/mol. The summed E-state index contributed by atoms with van der Waals surface area (Å²) in [4.78, 5) is 16.9. The normalized spacial score (nSPS) is 14.6. The Labute approximate surface area is 185 Å². The molecule has 3 rings (SSSR count). The SMILES string of the molecule is CN(CC(=O)NCCc1ccc(S(N)(=O)=O)cc1)Cc1ccccc1N1CCCCC1. The van der Waals surface area contributed by atoms with Crippen molar-refractivity contribution in [3.05, 3.63) is 59.7 Å². The Balaban J connectivity index is 1.46. The number of nitrogens with one attached hydrogen (secondary N) is 1. The topological polar surface area (TPSA) is 95.7 Å². The smallest absolute Gasteiger partial charge is 0.238 e. The lowest BCUT2D eigenvalue weighted by Crippen LogP contribution is -2.36. The van der Waals surface area contributed by atoms with Crippen molar-refractivity contribution in [2.45, 2.75) is 37.1 Å². The van der Waals surface area contributed by atoms with Crippen LogP contribution in [-0.4, -0.2) is 52.5 Å². The molecule has 0 aromatic heterocycles. The largest absolute Gasteiger partial charge is 0.371 e. The van der Waals surface area contributed by atoms with E-state index in [9.17, 15) is 13.2 Å². The number of anilines is 1. The van der Waals surface area contributed by atoms with E-state index in [-0.39, 0.29) is 10.8 Å². The third-order valence-corrected chi connectivity index (χ3v) is 6.46. The molecule has 3 N–H and O–H groups in total. The first-order valence-electron chi connectivity index (χ1n) is 10.7. The van der Waals surface area contributed by atoms with Gasteiger partial charge in [-0.1, -0.05) is 30.3 Å². The van der Waals surface area contributed by atoms with Gasteiger partial charge in [0.1, 0.15) is 0 Å². The van der Waals surface area contributed by atoms with Crippen LogP contribution in [0.3, 0.4) is 0 Å². The van der Waals surface area contributed by atoms with E-state index in [0.717, 1.165) is 25.2 Å². The van der Waals surface area contributed by atoms with Crippen molar-refractivity contribution in [1.82, 2.24) is 10.2 Å². The quantitative estimate of drug-likeness (QED) is 0.618. The average molecular weight is 445 g/mol. The Kier molecular flexibility index (Phi) is 8.06. The van der Waals surface area contributed by atoms with E-state index in [1.54, 1.807) is 12.1 Å². The molecule has 8 heteroatoms. The number of rotatable bonds is 9. The fraction of sp³-hybridized carbons (Fsp3) is 0.435. The van der Waals surface area contributed by atoms with Gasteiger partial charge in [0.25, 0.3) is 0 Å². The summed E-state index contributed by atoms with van der Waals surface area (Å²) in [6.45, 7) is 3.72. The van der Waals surface area contributed by atoms with Crippen molar-refractivity contribution in [3.8, 4) is 0 Å². The van der Waals surface area contributed by atoms with Crippen molar-refractivity contribution in [2.24, 2.45) is 5.14 Å². The average Bonchev–Trinajstić information content (AvgIpc) is 2.74. The monoisotopic (exact) mass is 444 g/mol. The van der Waals surface area contributed by atoms with Gasteiger partial charge in [0.15, 0.2) is 0 Å². The highest BCUT2D eigenvalue weighted by atomic mass is 32.2. The van der Waals surface area contributed by atoms with Gasteiger partial charge in [-0.05, 0) is 62.1 Å². The van der Waals surface area contributed by atoms with E-state index in [0.29, 0.717) is 19.5 Å². The molecule has 31 heavy (non-hydrogen) atoms. The lowest BCUT2D eigenvalue weighted by Gasteiger charge is -2.31. The Morgan fingerprint density at radius 2 is 1.74 bits per heavy atom. The number of likely N-dealkylation sites (N-methyl/N-ethyl adjacent to an activating group) is 1. The number of sulfonamides is 1. The Hall–Kier alpha value is -2.42. The Morgan fingerprint density at radius 1 is 1.06 bits per heavy atom. The number of nitrogens with two attached hydrogens (primary N) is 1. The van der Waals surface area contributed by atoms with E-state index < -0.39 is 10.0 Å². The summed E-state index contributed by atoms with van der Waals surface area (Å²) in [5, 5.41) is 8.04. The van der Waals surface area contributed by atoms with E-state index >= 15 is 0 Å². The number of carbonyl (C=O) groups is 1. The number of hydrogen-bond donors (Lipinski definition) is 2. The van der Waals surface area contributed by atoms with Crippen LogP contribution in [0.25, 0.3) is 0 Å². The third kappa shape index (κ3) is 7.05. The number of amides is 1. The minimum atomic E-state index is -3.68. The van der Waals surface area contributed by atoms with Crippen LogP contribution < -0.4 is 15.4 Å². The lowest BCUT2D eigenvalue weighted by molar-refractivity contribution is -0.122. The van der Waals surface area contributed by atoms with Crippen molar-refractivity contribution in [2.75, 3.05) is 38.1 Å². The highest BCUT2D eigenvalue weighted by Gasteiger charge is 2.16. The minimum Gasteiger partial charge on any atom is -0.371 e. The summed E-state index contributed by atoms with van der Waals surface area (Å²) < 4.78 is 22.6. The van der Waals surface area contributed by atoms with Crippen LogP contribution in [-0.2, 0) is 27.8 Å². The fourth-order valence-corrected chi connectivity index (χ4v) is 4.44. The molecule has 1 aliphatic rings. The van der Waals surface area contributed by atoms with Crippen LogP contribution in [0, 0.1) is 0 Å². The van der Waals surface area contributed by atoms with Gasteiger partial charge in [-0.3, -0.25) is 9.69 Å². The molecule has 1 saturated heterocycles. The van der Waals surface area contributed by atoms with E-state index in [1.165, 1.54) is 42.6 Å². The zero-order valence-electron chi connectivity index (χ0n) is 18.1. The van der Waals surface area contributed by atoms with Crippen molar-refractivity contribution in [1.29, 1.82) is 0 Å². The first-order valence-corrected chi connectivity index (χ1v) is 12.3. The van der Waals surface area contributed by atoms with Gasteiger partial charge in [-0.15, -0.1) is 0 Å². The van der Waals surface area contributed by atoms with Gasteiger partial charge in [0, 0.05) is 31.9 Å². The van der Waals surface area contributed by atoms with Crippen molar-refractivity contribution >= 4 is 21.6 Å². The Bertz CT molecular complexity index is 971. The summed E-state index contributed by atoms with van der Waals surface area (Å²) in [5.41, 5.74) is 3.46. The number of para-hydroxylation sites is 1. The second-order valence-electron chi connectivity index (χ2n) is 8.14. The van der Waals surface area contributed by atoms with Crippen molar-refractivity contribution < 1.29 is 13.2 Å². The number of hydrogen-bond acceptors (Lipinski definition) is 5. The lowest BCUT2D eigenvalue weighted by atomic mass is 10.1. The van der Waals surface area contributed by atoms with Gasteiger partial charge in [0.05, 0.1) is 11.4 Å². The summed E-state index contributed by atoms with van der Waals surface area (Å²) in [6, 6.07) is 14.9. The molecular formula is C23H32N4O3S. The van der Waals surface area contributed by atoms with E-state index in [4.69, 9.17) is 5.14 Å². The molecule has 0 saturated carbocycles. The van der Waals surface area contributed by atoms with Crippen LogP contribution in [0.1, 0.15) is 30.4 Å². The summed E-state index contributed by atoms with van der Waals surface area (Å²) in [6.07, 6.45) is 4.39. The Morgan fingerprint density at radius 3 is 2.42 bits per heavy atom. The van der Waals surface area contributed by atoms with Crippen LogP contribution in [0.2, 0.25) is 0 Å². The summed E-state index contributed by atoms with van der Waals surface area (Å²) in [7, 11) is -1.72. The van der Waals surface area contributed by atoms with Crippen LogP contribution in [0.15, 0.2) is 53.4 Å². The molecule has 1 amide bonds. The highest BCUT2D eigenvalue weighted by molar-refractivity contribution is 7.89. The number of nitrogens with zero attached hydrogens (tertiary/aromatic N) is 2. The van der Waals surface area contributed by atoms with Gasteiger partial charge >= 0.3 is 0 Å². The van der Waals surface area contributed by atoms with Crippen molar-refractivity contribution in [3.63, 3.8) is 0 Å². The molecule has 0 radical (unpaired) electrons. The molecular weight excluding hydrogens is 412 g/mol. The number of benzene rings is 2. The second-order valence-corrected chi connectivity index (χ2v) is 9.70. The standard InChI is InChI=1S/C23H32N4O3S/c1-26(17-20-7-3-4-8-22(20)27-15-5-2-6-16-27)18-23(28)25-14-13-19-9-11-21(12-10-19)31(24,29)30/h3-4,7-12H,2,5-6,13-18H2,1H3,(H,25,28)(H2,24,29,30). The minimum absolute atomic E-state index is 0.0286. The molecule has 0 bridgehead atoms. The fourth-order valence-electron chi connectivity index (χ4n) is 3.93. The summed E-state index contributed by atoms with van der Waals surface area (Å²) in [5.74, 6) is -0.0286. The van der Waals surface area contributed by atoms with Gasteiger partial charge in [-0.25, -0.2) is 13.6 Å². The van der Waals surface area contributed by atoms with Crippen LogP contribution >= 0.6 is 0 Å². The molecule has 0 unspecified atom stereocenters. The number of carbonyl (C=O) groups excluding carboxylic acids is 1. The maximum atomic E-state index is 12.3. The molecule has 0 aliphatic carbocycles. The van der Waals surface area contributed by atoms with Crippen LogP contribution in [0.4, 0.5) is 5.69 Å². The third-order valence-electron chi connectivity index (χ3n) is 5.53. The molecule has 168 valence electrons. The molecule has 1 heterocycles. The number of primary sulfonamides is 1. The molecule has 1 fully saturated rings. The van der Waals surface area contributed by atoms with Gasteiger partial charge < -0.3 is 10.2 Å². The first kappa shape index (κ1) is 23.2. The number of piperidine rings is 1. The zero-order chi connectivity index (χ0) is 22.3. The predicted octanol–water partition coefficient (Wildman–Crippen LogP) is 2.12. The van der Waals surface area contributed by atoms with Crippen LogP contribution in [0.5, 0.6) is 0 Å². The second kappa shape index (κ2) is 10.7. The molecule has 0 spiro atoms. The highest BCUT2D eigenvalue weighted by Crippen LogP contribution is 2.25. The van der Waals surface area contributed by atoms with E-state index in [2.05, 4.69) is 34.5 Å². The maximum Gasteiger partial charge on any atom is 0.238 e. The van der Waals surface area contributed by atoms with E-state index in [1.807, 2.05) is 11.9 Å². The molecule has 1 aliphatic heterocycles. The van der Waals surface area contributed by atoms with Gasteiger partial charge in [0.2, 0.25) is 15.9 Å². The molecule has 0 atom stereocenters. The molecule has 2 aromatic carbocycles. The molecule has 2 aromatic rings. The molecule has 7 nitrogen and oxygen atoms in total. The zero-order valence-corrected chi connectivity index (χ0v) is 18.9.